The molecule has 0 radical (unpaired) electrons. The molecule has 3 N–H and O–H groups in total. The normalized spacial score (nSPS) is 10.8. The summed E-state index contributed by atoms with van der Waals surface area (Å²) in [4.78, 5) is 21.7. The minimum atomic E-state index is -4.15. The average Bonchev–Trinajstić information content (AvgIpc) is 2.88. The summed E-state index contributed by atoms with van der Waals surface area (Å²) >= 11 is 0. The van der Waals surface area contributed by atoms with Gasteiger partial charge in [-0.15, -0.1) is 0 Å². The van der Waals surface area contributed by atoms with Gasteiger partial charge < -0.3 is 14.5 Å². The van der Waals surface area contributed by atoms with Gasteiger partial charge in [0.15, 0.2) is 0 Å². The van der Waals surface area contributed by atoms with Gasteiger partial charge in [0.25, 0.3) is 5.69 Å². The summed E-state index contributed by atoms with van der Waals surface area (Å²) in [6, 6.07) is 4.67. The summed E-state index contributed by atoms with van der Waals surface area (Å²) in [6.45, 7) is 1.41. The molecule has 1 aromatic carbocycles. The van der Waals surface area contributed by atoms with Crippen LogP contribution in [-0.2, 0) is 14.8 Å². The zero-order valence-corrected chi connectivity index (χ0v) is 14.3. The van der Waals surface area contributed by atoms with Crippen molar-refractivity contribution in [3.8, 4) is 6.07 Å². The Kier molecular flexibility index (Phi) is 4.96. The standard InChI is InChI=1S/C14H12N4O7S/c1-7-12(14(19)24-2)9(6-15)13(25-7)17-10-4-3-8(26(16,22)23)5-11(10)18(20)21/h3-5,17H,1-2H3,(H2,16,22,23). The summed E-state index contributed by atoms with van der Waals surface area (Å²) in [7, 11) is -3.02. The topological polar surface area (TPSA) is 179 Å². The van der Waals surface area contributed by atoms with Gasteiger partial charge in [0, 0.05) is 6.07 Å². The van der Waals surface area contributed by atoms with Crippen molar-refractivity contribution in [1.82, 2.24) is 0 Å². The number of carbonyl (C=O) groups excluding carboxylic acids is 1. The van der Waals surface area contributed by atoms with Gasteiger partial charge in [-0.1, -0.05) is 0 Å². The zero-order valence-electron chi connectivity index (χ0n) is 13.5. The van der Waals surface area contributed by atoms with E-state index >= 15 is 0 Å². The predicted octanol–water partition coefficient (Wildman–Crippen LogP) is 1.55. The number of rotatable bonds is 5. The Morgan fingerprint density at radius 2 is 2.12 bits per heavy atom. The van der Waals surface area contributed by atoms with E-state index < -0.39 is 31.5 Å². The van der Waals surface area contributed by atoms with E-state index in [0.717, 1.165) is 25.3 Å². The lowest BCUT2D eigenvalue weighted by atomic mass is 10.1. The summed E-state index contributed by atoms with van der Waals surface area (Å²) in [5.41, 5.74) is -1.11. The highest BCUT2D eigenvalue weighted by atomic mass is 32.2. The van der Waals surface area contributed by atoms with Crippen molar-refractivity contribution in [2.75, 3.05) is 12.4 Å². The van der Waals surface area contributed by atoms with Crippen molar-refractivity contribution < 1.29 is 27.3 Å². The molecule has 12 heteroatoms. The summed E-state index contributed by atoms with van der Waals surface area (Å²) < 4.78 is 32.6. The summed E-state index contributed by atoms with van der Waals surface area (Å²) in [5, 5.41) is 28.0. The number of nitrogens with zero attached hydrogens (tertiary/aromatic N) is 2. The number of sulfonamides is 1. The first-order valence-corrected chi connectivity index (χ1v) is 8.34. The van der Waals surface area contributed by atoms with Gasteiger partial charge >= 0.3 is 5.97 Å². The van der Waals surface area contributed by atoms with Gasteiger partial charge in [-0.25, -0.2) is 18.4 Å². The Morgan fingerprint density at radius 3 is 2.62 bits per heavy atom. The molecule has 0 fully saturated rings. The molecule has 0 saturated carbocycles. The molecule has 2 aromatic rings. The number of nitrogens with two attached hydrogens (primary N) is 1. The van der Waals surface area contributed by atoms with Gasteiger partial charge in [-0.2, -0.15) is 5.26 Å². The smallest absolute Gasteiger partial charge is 0.342 e. The zero-order chi connectivity index (χ0) is 19.6. The minimum absolute atomic E-state index is 0.0692. The van der Waals surface area contributed by atoms with Crippen LogP contribution in [0, 0.1) is 28.4 Å². The Labute approximate surface area is 147 Å². The maximum Gasteiger partial charge on any atom is 0.342 e. The molecular weight excluding hydrogens is 368 g/mol. The second-order valence-electron chi connectivity index (χ2n) is 4.95. The van der Waals surface area contributed by atoms with E-state index in [1.165, 1.54) is 6.92 Å². The minimum Gasteiger partial charge on any atom is -0.465 e. The van der Waals surface area contributed by atoms with Crippen LogP contribution in [0.4, 0.5) is 17.3 Å². The number of hydrogen-bond donors (Lipinski definition) is 2. The van der Waals surface area contributed by atoms with E-state index in [1.807, 2.05) is 0 Å². The number of furan rings is 1. The number of primary sulfonamides is 1. The Hall–Kier alpha value is -3.43. The van der Waals surface area contributed by atoms with E-state index in [9.17, 15) is 28.6 Å². The first-order valence-electron chi connectivity index (χ1n) is 6.80. The van der Waals surface area contributed by atoms with Crippen molar-refractivity contribution in [1.29, 1.82) is 5.26 Å². The summed E-state index contributed by atoms with van der Waals surface area (Å²) in [5.74, 6) is -0.966. The molecule has 11 nitrogen and oxygen atoms in total. The molecule has 2 rings (SSSR count). The fourth-order valence-electron chi connectivity index (χ4n) is 2.15. The van der Waals surface area contributed by atoms with Crippen LogP contribution in [0.3, 0.4) is 0 Å². The largest absolute Gasteiger partial charge is 0.465 e. The van der Waals surface area contributed by atoms with Crippen LogP contribution in [-0.4, -0.2) is 26.4 Å². The highest BCUT2D eigenvalue weighted by molar-refractivity contribution is 7.89. The Morgan fingerprint density at radius 1 is 1.46 bits per heavy atom. The average molecular weight is 380 g/mol. The number of nitro benzene ring substituents is 1. The number of aryl methyl sites for hydroxylation is 1. The highest BCUT2D eigenvalue weighted by Crippen LogP contribution is 2.34. The molecular formula is C14H12N4O7S. The van der Waals surface area contributed by atoms with Crippen LogP contribution in [0.25, 0.3) is 0 Å². The first kappa shape index (κ1) is 18.9. The third-order valence-electron chi connectivity index (χ3n) is 3.33. The molecule has 1 aromatic heterocycles. The SMILES string of the molecule is COC(=O)c1c(C)oc(Nc2ccc(S(N)(=O)=O)cc2[N+](=O)[O-])c1C#N. The van der Waals surface area contributed by atoms with Crippen LogP contribution >= 0.6 is 0 Å². The maximum atomic E-state index is 11.8. The molecule has 0 aliphatic heterocycles. The number of esters is 1. The van der Waals surface area contributed by atoms with Crippen molar-refractivity contribution in [2.45, 2.75) is 11.8 Å². The van der Waals surface area contributed by atoms with Gasteiger partial charge in [0.2, 0.25) is 15.9 Å². The number of nitro groups is 1. The third kappa shape index (κ3) is 3.48. The quantitative estimate of drug-likeness (QED) is 0.442. The molecule has 0 amide bonds. The number of nitriles is 1. The van der Waals surface area contributed by atoms with E-state index in [1.54, 1.807) is 6.07 Å². The number of anilines is 2. The van der Waals surface area contributed by atoms with E-state index in [-0.39, 0.29) is 28.5 Å². The van der Waals surface area contributed by atoms with Crippen LogP contribution in [0.1, 0.15) is 21.7 Å². The molecule has 0 saturated heterocycles. The van der Waals surface area contributed by atoms with Crippen LogP contribution in [0.15, 0.2) is 27.5 Å². The fraction of sp³-hybridized carbons (Fsp3) is 0.143. The number of ether oxygens (including phenoxy) is 1. The Balaban J connectivity index is 2.58. The molecule has 136 valence electrons. The number of methoxy groups -OCH3 is 1. The first-order chi connectivity index (χ1) is 12.1. The second-order valence-corrected chi connectivity index (χ2v) is 6.51. The van der Waals surface area contributed by atoms with Crippen molar-refractivity contribution >= 4 is 33.3 Å². The van der Waals surface area contributed by atoms with Crippen LogP contribution in [0.2, 0.25) is 0 Å². The second kappa shape index (κ2) is 6.82. The molecule has 26 heavy (non-hydrogen) atoms. The lowest BCUT2D eigenvalue weighted by Crippen LogP contribution is -2.12. The molecule has 0 atom stereocenters. The molecule has 0 unspecified atom stereocenters. The van der Waals surface area contributed by atoms with E-state index in [4.69, 9.17) is 9.56 Å². The molecule has 0 spiro atoms. The highest BCUT2D eigenvalue weighted by Gasteiger charge is 2.26. The lowest BCUT2D eigenvalue weighted by molar-refractivity contribution is -0.384. The van der Waals surface area contributed by atoms with E-state index in [0.29, 0.717) is 0 Å². The summed E-state index contributed by atoms with van der Waals surface area (Å²) in [6.07, 6.45) is 0. The Bertz CT molecular complexity index is 1050. The van der Waals surface area contributed by atoms with Gasteiger partial charge in [0.1, 0.15) is 28.6 Å². The van der Waals surface area contributed by atoms with Gasteiger partial charge in [0.05, 0.1) is 16.9 Å². The monoisotopic (exact) mass is 380 g/mol. The lowest BCUT2D eigenvalue weighted by Gasteiger charge is -2.06. The number of benzene rings is 1. The van der Waals surface area contributed by atoms with Crippen LogP contribution < -0.4 is 10.5 Å². The number of carbonyl (C=O) groups is 1. The number of nitrogens with one attached hydrogen (secondary N) is 1. The third-order valence-corrected chi connectivity index (χ3v) is 4.24. The van der Waals surface area contributed by atoms with Gasteiger partial charge in [-0.05, 0) is 19.1 Å². The predicted molar refractivity (Wildman–Crippen MR) is 87.3 cm³/mol. The molecule has 0 aliphatic rings. The molecule has 0 bridgehead atoms. The van der Waals surface area contributed by atoms with Crippen molar-refractivity contribution in [3.63, 3.8) is 0 Å². The number of hydrogen-bond acceptors (Lipinski definition) is 9. The van der Waals surface area contributed by atoms with Gasteiger partial charge in [-0.3, -0.25) is 10.1 Å². The van der Waals surface area contributed by atoms with Crippen molar-refractivity contribution in [2.24, 2.45) is 5.14 Å². The van der Waals surface area contributed by atoms with Crippen LogP contribution in [0.5, 0.6) is 0 Å². The van der Waals surface area contributed by atoms with E-state index in [2.05, 4.69) is 10.1 Å². The molecule has 0 aliphatic carbocycles. The maximum absolute atomic E-state index is 11.8. The molecule has 1 heterocycles. The van der Waals surface area contributed by atoms with Crippen molar-refractivity contribution in [3.05, 3.63) is 45.2 Å². The fourth-order valence-corrected chi connectivity index (χ4v) is 2.69.